The lowest BCUT2D eigenvalue weighted by atomic mass is 10.0. The minimum Gasteiger partial charge on any atom is -0.471 e. The van der Waals surface area contributed by atoms with Crippen molar-refractivity contribution in [2.24, 2.45) is 5.92 Å². The van der Waals surface area contributed by atoms with Crippen molar-refractivity contribution in [2.45, 2.75) is 39.9 Å². The van der Waals surface area contributed by atoms with Gasteiger partial charge >= 0.3 is 0 Å². The van der Waals surface area contributed by atoms with Crippen LogP contribution >= 0.6 is 11.6 Å². The Morgan fingerprint density at radius 3 is 2.50 bits per heavy atom. The molecule has 3 aromatic rings. The number of aromatic nitrogens is 2. The average Bonchev–Trinajstić information content (AvgIpc) is 3.29. The van der Waals surface area contributed by atoms with E-state index in [2.05, 4.69) is 4.98 Å². The van der Waals surface area contributed by atoms with Gasteiger partial charge in [0, 0.05) is 11.6 Å². The molecular formula is C27H27ClF2N4O6. The maximum atomic E-state index is 14.0. The molecule has 0 bridgehead atoms. The Kier molecular flexibility index (Phi) is 8.52. The standard InChI is InChI=1S/C27H27ClF2N4O6/c1-14(15(2)36)26(38)33-13-32(23(37)8-9-35)21-7-6-19(11-22(21)33)34-16(3)31-25(24(28)27(34)39)40-12-17-4-5-18(29)10-20(17)30/h4-7,10-11,14-15,35-36H,8-9,12-13H2,1-3H3. The molecule has 2 N–H and O–H groups in total. The second kappa shape index (κ2) is 11.7. The number of benzene rings is 2. The summed E-state index contributed by atoms with van der Waals surface area (Å²) < 4.78 is 33.8. The maximum Gasteiger partial charge on any atom is 0.280 e. The first-order valence-electron chi connectivity index (χ1n) is 12.4. The highest BCUT2D eigenvalue weighted by molar-refractivity contribution is 6.31. The molecule has 1 aliphatic rings. The Morgan fingerprint density at radius 1 is 1.12 bits per heavy atom. The van der Waals surface area contributed by atoms with Crippen LogP contribution in [0.15, 0.2) is 41.2 Å². The van der Waals surface area contributed by atoms with Gasteiger partial charge in [-0.25, -0.2) is 8.78 Å². The summed E-state index contributed by atoms with van der Waals surface area (Å²) in [4.78, 5) is 46.1. The Labute approximate surface area is 233 Å². The highest BCUT2D eigenvalue weighted by atomic mass is 35.5. The van der Waals surface area contributed by atoms with Crippen LogP contribution in [-0.2, 0) is 16.2 Å². The molecule has 0 saturated carbocycles. The zero-order chi connectivity index (χ0) is 29.3. The van der Waals surface area contributed by atoms with E-state index in [0.29, 0.717) is 17.4 Å². The zero-order valence-electron chi connectivity index (χ0n) is 21.9. The van der Waals surface area contributed by atoms with Gasteiger partial charge in [0.1, 0.15) is 30.7 Å². The van der Waals surface area contributed by atoms with E-state index in [0.717, 1.165) is 6.07 Å². The van der Waals surface area contributed by atoms with E-state index in [4.69, 9.17) is 16.3 Å². The molecule has 10 nitrogen and oxygen atoms in total. The second-order valence-electron chi connectivity index (χ2n) is 9.35. The normalized spacial score (nSPS) is 14.2. The number of fused-ring (bicyclic) bond motifs is 1. The van der Waals surface area contributed by atoms with E-state index in [1.807, 2.05) is 0 Å². The van der Waals surface area contributed by atoms with Crippen LogP contribution in [0.2, 0.25) is 5.02 Å². The summed E-state index contributed by atoms with van der Waals surface area (Å²) in [7, 11) is 0. The fraction of sp³-hybridized carbons (Fsp3) is 0.333. The minimum atomic E-state index is -0.954. The molecule has 0 saturated heterocycles. The average molecular weight is 577 g/mol. The molecular weight excluding hydrogens is 550 g/mol. The van der Waals surface area contributed by atoms with E-state index in [1.54, 1.807) is 19.1 Å². The van der Waals surface area contributed by atoms with Crippen LogP contribution in [0.5, 0.6) is 5.88 Å². The molecule has 0 aliphatic carbocycles. The number of carbonyl (C=O) groups excluding carboxylic acids is 2. The molecule has 2 heterocycles. The van der Waals surface area contributed by atoms with Gasteiger partial charge in [-0.1, -0.05) is 18.5 Å². The van der Waals surface area contributed by atoms with Crippen molar-refractivity contribution in [3.05, 3.63) is 74.8 Å². The molecule has 4 rings (SSSR count). The van der Waals surface area contributed by atoms with Crippen molar-refractivity contribution in [1.29, 1.82) is 0 Å². The van der Waals surface area contributed by atoms with Gasteiger partial charge in [-0.05, 0) is 44.2 Å². The number of rotatable bonds is 8. The highest BCUT2D eigenvalue weighted by Gasteiger charge is 2.36. The number of anilines is 2. The monoisotopic (exact) mass is 576 g/mol. The van der Waals surface area contributed by atoms with E-state index in [9.17, 15) is 33.4 Å². The summed E-state index contributed by atoms with van der Waals surface area (Å²) in [5, 5.41) is 18.8. The molecule has 13 heteroatoms. The van der Waals surface area contributed by atoms with E-state index in [1.165, 1.54) is 40.3 Å². The number of amides is 2. The molecule has 2 aromatic carbocycles. The van der Waals surface area contributed by atoms with Gasteiger partial charge < -0.3 is 14.9 Å². The third kappa shape index (κ3) is 5.55. The van der Waals surface area contributed by atoms with Gasteiger partial charge in [-0.2, -0.15) is 4.98 Å². The summed E-state index contributed by atoms with van der Waals surface area (Å²) in [6.07, 6.45) is -1.11. The quantitative estimate of drug-likeness (QED) is 0.422. The molecule has 0 spiro atoms. The van der Waals surface area contributed by atoms with Crippen molar-refractivity contribution in [2.75, 3.05) is 23.1 Å². The van der Waals surface area contributed by atoms with Crippen LogP contribution in [0, 0.1) is 24.5 Å². The molecule has 0 radical (unpaired) electrons. The van der Waals surface area contributed by atoms with Crippen LogP contribution in [0.4, 0.5) is 20.2 Å². The van der Waals surface area contributed by atoms with Crippen LogP contribution in [0.25, 0.3) is 5.69 Å². The first-order chi connectivity index (χ1) is 18.9. The summed E-state index contributed by atoms with van der Waals surface area (Å²) in [6, 6.07) is 7.61. The second-order valence-corrected chi connectivity index (χ2v) is 9.73. The predicted molar refractivity (Wildman–Crippen MR) is 143 cm³/mol. The summed E-state index contributed by atoms with van der Waals surface area (Å²) in [5.41, 5.74) is 0.322. The van der Waals surface area contributed by atoms with Crippen molar-refractivity contribution in [1.82, 2.24) is 9.55 Å². The number of aliphatic hydroxyl groups is 2. The number of carbonyl (C=O) groups is 2. The highest BCUT2D eigenvalue weighted by Crippen LogP contribution is 2.39. The van der Waals surface area contributed by atoms with E-state index >= 15 is 0 Å². The lowest BCUT2D eigenvalue weighted by molar-refractivity contribution is -0.124. The number of aliphatic hydroxyl groups excluding tert-OH is 2. The van der Waals surface area contributed by atoms with Gasteiger partial charge in [-0.3, -0.25) is 28.8 Å². The smallest absolute Gasteiger partial charge is 0.280 e. The third-order valence-electron chi connectivity index (χ3n) is 6.63. The number of hydrogen-bond acceptors (Lipinski definition) is 7. The first-order valence-corrected chi connectivity index (χ1v) is 12.7. The fourth-order valence-electron chi connectivity index (χ4n) is 4.24. The van der Waals surface area contributed by atoms with Gasteiger partial charge in [-0.15, -0.1) is 0 Å². The first kappa shape index (κ1) is 29.1. The minimum absolute atomic E-state index is 0.0382. The summed E-state index contributed by atoms with van der Waals surface area (Å²) >= 11 is 6.28. The van der Waals surface area contributed by atoms with Crippen molar-refractivity contribution >= 4 is 34.8 Å². The van der Waals surface area contributed by atoms with Crippen molar-refractivity contribution in [3.8, 4) is 11.6 Å². The van der Waals surface area contributed by atoms with Gasteiger partial charge in [0.15, 0.2) is 5.02 Å². The van der Waals surface area contributed by atoms with E-state index < -0.39 is 41.0 Å². The van der Waals surface area contributed by atoms with Gasteiger partial charge in [0.25, 0.3) is 5.56 Å². The molecule has 1 aliphatic heterocycles. The summed E-state index contributed by atoms with van der Waals surface area (Å²) in [5.74, 6) is -3.29. The number of ether oxygens (including phenoxy) is 1. The van der Waals surface area contributed by atoms with Crippen molar-refractivity contribution < 1.29 is 33.3 Å². The maximum absolute atomic E-state index is 14.0. The number of halogens is 3. The van der Waals surface area contributed by atoms with E-state index in [-0.39, 0.29) is 54.3 Å². The number of nitrogens with zero attached hydrogens (tertiary/aromatic N) is 4. The van der Waals surface area contributed by atoms with Crippen molar-refractivity contribution in [3.63, 3.8) is 0 Å². The molecule has 2 unspecified atom stereocenters. The number of hydrogen-bond donors (Lipinski definition) is 2. The number of aryl methyl sites for hydroxylation is 1. The topological polar surface area (TPSA) is 125 Å². The molecule has 0 fully saturated rings. The Bertz CT molecular complexity index is 1530. The Morgan fingerprint density at radius 2 is 1.85 bits per heavy atom. The SMILES string of the molecule is Cc1nc(OCc2ccc(F)cc2F)c(Cl)c(=O)n1-c1ccc2c(c1)N(C(=O)C(C)C(C)O)CN2C(=O)CCO. The Hall–Kier alpha value is -3.87. The van der Waals surface area contributed by atoms with Crippen LogP contribution in [-0.4, -0.2) is 51.0 Å². The van der Waals surface area contributed by atoms with Crippen LogP contribution in [0.3, 0.4) is 0 Å². The molecule has 212 valence electrons. The molecule has 1 aromatic heterocycles. The van der Waals surface area contributed by atoms with Gasteiger partial charge in [0.05, 0.1) is 42.1 Å². The van der Waals surface area contributed by atoms with Crippen LogP contribution in [0.1, 0.15) is 31.7 Å². The lowest BCUT2D eigenvalue weighted by Crippen LogP contribution is -2.43. The van der Waals surface area contributed by atoms with Crippen LogP contribution < -0.4 is 20.1 Å². The summed E-state index contributed by atoms with van der Waals surface area (Å²) in [6.45, 7) is 3.70. The zero-order valence-corrected chi connectivity index (χ0v) is 22.7. The lowest BCUT2D eigenvalue weighted by Gasteiger charge is -2.23. The molecule has 40 heavy (non-hydrogen) atoms. The third-order valence-corrected chi connectivity index (χ3v) is 6.96. The van der Waals surface area contributed by atoms with Gasteiger partial charge in [0.2, 0.25) is 17.7 Å². The fourth-order valence-corrected chi connectivity index (χ4v) is 4.42. The largest absolute Gasteiger partial charge is 0.471 e. The molecule has 2 amide bonds. The Balaban J connectivity index is 1.72. The predicted octanol–water partition coefficient (Wildman–Crippen LogP) is 3.09. The molecule has 2 atom stereocenters.